The fourth-order valence-electron chi connectivity index (χ4n) is 1.87. The predicted octanol–water partition coefficient (Wildman–Crippen LogP) is 1.62. The molecule has 0 aromatic heterocycles. The lowest BCUT2D eigenvalue weighted by atomic mass is 9.96. The van der Waals surface area contributed by atoms with Crippen LogP contribution in [0.4, 0.5) is 0 Å². The lowest BCUT2D eigenvalue weighted by molar-refractivity contribution is 0.113. The van der Waals surface area contributed by atoms with Gasteiger partial charge < -0.3 is 20.3 Å². The van der Waals surface area contributed by atoms with Crippen molar-refractivity contribution in [2.75, 3.05) is 13.7 Å². The molecule has 1 unspecified atom stereocenters. The third kappa shape index (κ3) is 2.53. The van der Waals surface area contributed by atoms with Crippen LogP contribution in [0.25, 0.3) is 0 Å². The van der Waals surface area contributed by atoms with Crippen LogP contribution in [0.2, 0.25) is 0 Å². The lowest BCUT2D eigenvalue weighted by Gasteiger charge is -2.29. The van der Waals surface area contributed by atoms with Crippen molar-refractivity contribution in [2.45, 2.75) is 31.4 Å². The zero-order chi connectivity index (χ0) is 12.3. The van der Waals surface area contributed by atoms with Gasteiger partial charge in [-0.2, -0.15) is 0 Å². The fraction of sp³-hybridized carbons (Fsp3) is 0.538. The largest absolute Gasteiger partial charge is 0.493 e. The number of nitrogens with two attached hydrogens (primary N) is 1. The monoisotopic (exact) mass is 237 g/mol. The maximum absolute atomic E-state index is 9.16. The summed E-state index contributed by atoms with van der Waals surface area (Å²) < 4.78 is 11.2. The molecule has 1 aromatic carbocycles. The summed E-state index contributed by atoms with van der Waals surface area (Å²) >= 11 is 0. The van der Waals surface area contributed by atoms with E-state index in [4.69, 9.17) is 20.3 Å². The summed E-state index contributed by atoms with van der Waals surface area (Å²) in [5.41, 5.74) is 6.67. The molecule has 94 valence electrons. The number of ether oxygens (including phenoxy) is 2. The van der Waals surface area contributed by atoms with Gasteiger partial charge in [0.05, 0.1) is 25.9 Å². The van der Waals surface area contributed by atoms with E-state index in [9.17, 15) is 0 Å². The van der Waals surface area contributed by atoms with E-state index in [2.05, 4.69) is 0 Å². The van der Waals surface area contributed by atoms with Gasteiger partial charge in [0.1, 0.15) is 0 Å². The van der Waals surface area contributed by atoms with Crippen LogP contribution >= 0.6 is 0 Å². The van der Waals surface area contributed by atoms with Crippen LogP contribution in [-0.4, -0.2) is 24.9 Å². The second-order valence-electron chi connectivity index (χ2n) is 4.34. The SMILES string of the molecule is COc1cccc(C(N)CO)c1OC1CCC1. The van der Waals surface area contributed by atoms with Crippen molar-refractivity contribution in [3.05, 3.63) is 23.8 Å². The third-order valence-corrected chi connectivity index (χ3v) is 3.16. The average molecular weight is 237 g/mol. The van der Waals surface area contributed by atoms with Gasteiger partial charge >= 0.3 is 0 Å². The number of rotatable bonds is 5. The molecule has 17 heavy (non-hydrogen) atoms. The number of benzene rings is 1. The zero-order valence-corrected chi connectivity index (χ0v) is 10.1. The maximum atomic E-state index is 9.16. The standard InChI is InChI=1S/C13H19NO3/c1-16-12-7-3-6-10(11(14)8-15)13(12)17-9-4-2-5-9/h3,6-7,9,11,15H,2,4-5,8,14H2,1H3. The van der Waals surface area contributed by atoms with Gasteiger partial charge in [-0.05, 0) is 25.3 Å². The second-order valence-corrected chi connectivity index (χ2v) is 4.34. The van der Waals surface area contributed by atoms with Crippen molar-refractivity contribution in [3.8, 4) is 11.5 Å². The van der Waals surface area contributed by atoms with E-state index in [0.29, 0.717) is 11.5 Å². The minimum atomic E-state index is -0.430. The first-order valence-corrected chi connectivity index (χ1v) is 5.96. The molecule has 1 saturated carbocycles. The van der Waals surface area contributed by atoms with Crippen molar-refractivity contribution < 1.29 is 14.6 Å². The summed E-state index contributed by atoms with van der Waals surface area (Å²) in [5.74, 6) is 1.36. The highest BCUT2D eigenvalue weighted by Crippen LogP contribution is 2.37. The molecule has 0 spiro atoms. The Balaban J connectivity index is 2.28. The molecule has 1 aliphatic carbocycles. The summed E-state index contributed by atoms with van der Waals surface area (Å²) in [6.45, 7) is -0.103. The summed E-state index contributed by atoms with van der Waals surface area (Å²) in [4.78, 5) is 0. The molecule has 0 radical (unpaired) electrons. The highest BCUT2D eigenvalue weighted by Gasteiger charge is 2.24. The Kier molecular flexibility index (Phi) is 3.86. The number of hydrogen-bond acceptors (Lipinski definition) is 4. The molecule has 2 rings (SSSR count). The Morgan fingerprint density at radius 1 is 1.47 bits per heavy atom. The van der Waals surface area contributed by atoms with E-state index < -0.39 is 6.04 Å². The first-order valence-electron chi connectivity index (χ1n) is 5.96. The summed E-state index contributed by atoms with van der Waals surface area (Å²) in [7, 11) is 1.61. The van der Waals surface area contributed by atoms with Crippen molar-refractivity contribution in [3.63, 3.8) is 0 Å². The quantitative estimate of drug-likeness (QED) is 0.816. The lowest BCUT2D eigenvalue weighted by Crippen LogP contribution is -2.26. The predicted molar refractivity (Wildman–Crippen MR) is 65.3 cm³/mol. The van der Waals surface area contributed by atoms with Crippen LogP contribution in [0.5, 0.6) is 11.5 Å². The van der Waals surface area contributed by atoms with Crippen LogP contribution in [0, 0.1) is 0 Å². The van der Waals surface area contributed by atoms with Crippen molar-refractivity contribution in [1.29, 1.82) is 0 Å². The molecular weight excluding hydrogens is 218 g/mol. The van der Waals surface area contributed by atoms with Gasteiger partial charge in [0.15, 0.2) is 11.5 Å². The van der Waals surface area contributed by atoms with Gasteiger partial charge in [-0.3, -0.25) is 0 Å². The number of hydrogen-bond donors (Lipinski definition) is 2. The third-order valence-electron chi connectivity index (χ3n) is 3.16. The molecule has 1 aliphatic rings. The van der Waals surface area contributed by atoms with Crippen LogP contribution < -0.4 is 15.2 Å². The van der Waals surface area contributed by atoms with E-state index >= 15 is 0 Å². The molecule has 1 aromatic rings. The molecule has 0 bridgehead atoms. The molecule has 0 aliphatic heterocycles. The molecule has 0 saturated heterocycles. The van der Waals surface area contributed by atoms with Gasteiger partial charge in [-0.1, -0.05) is 12.1 Å². The minimum absolute atomic E-state index is 0.103. The molecule has 1 fully saturated rings. The summed E-state index contributed by atoms with van der Waals surface area (Å²) in [6, 6.07) is 5.15. The Morgan fingerprint density at radius 3 is 2.76 bits per heavy atom. The molecular formula is C13H19NO3. The van der Waals surface area contributed by atoms with Crippen molar-refractivity contribution in [2.24, 2.45) is 5.73 Å². The Hall–Kier alpha value is -1.26. The van der Waals surface area contributed by atoms with Crippen LogP contribution in [0.15, 0.2) is 18.2 Å². The van der Waals surface area contributed by atoms with Crippen molar-refractivity contribution in [1.82, 2.24) is 0 Å². The topological polar surface area (TPSA) is 64.7 Å². The highest BCUT2D eigenvalue weighted by atomic mass is 16.5. The molecule has 4 heteroatoms. The normalized spacial score (nSPS) is 17.4. The highest BCUT2D eigenvalue weighted by molar-refractivity contribution is 5.48. The molecule has 0 heterocycles. The van der Waals surface area contributed by atoms with Crippen LogP contribution in [0.1, 0.15) is 30.9 Å². The zero-order valence-electron chi connectivity index (χ0n) is 10.1. The minimum Gasteiger partial charge on any atom is -0.493 e. The first-order chi connectivity index (χ1) is 8.26. The molecule has 0 amide bonds. The maximum Gasteiger partial charge on any atom is 0.166 e. The number of para-hydroxylation sites is 1. The van der Waals surface area contributed by atoms with Gasteiger partial charge in [0, 0.05) is 5.56 Å². The number of aliphatic hydroxyl groups is 1. The van der Waals surface area contributed by atoms with E-state index in [0.717, 1.165) is 18.4 Å². The van der Waals surface area contributed by atoms with E-state index in [-0.39, 0.29) is 12.7 Å². The summed E-state index contributed by atoms with van der Waals surface area (Å²) in [5, 5.41) is 9.16. The Bertz CT molecular complexity index is 377. The van der Waals surface area contributed by atoms with Gasteiger partial charge in [-0.15, -0.1) is 0 Å². The van der Waals surface area contributed by atoms with Gasteiger partial charge in [0.25, 0.3) is 0 Å². The number of methoxy groups -OCH3 is 1. The van der Waals surface area contributed by atoms with Gasteiger partial charge in [-0.25, -0.2) is 0 Å². The van der Waals surface area contributed by atoms with E-state index in [1.165, 1.54) is 6.42 Å². The Morgan fingerprint density at radius 2 is 2.24 bits per heavy atom. The van der Waals surface area contributed by atoms with Gasteiger partial charge in [0.2, 0.25) is 0 Å². The summed E-state index contributed by atoms with van der Waals surface area (Å²) in [6.07, 6.45) is 3.62. The number of aliphatic hydroxyl groups excluding tert-OH is 1. The average Bonchev–Trinajstić information content (AvgIpc) is 2.32. The molecule has 4 nitrogen and oxygen atoms in total. The van der Waals surface area contributed by atoms with E-state index in [1.807, 2.05) is 18.2 Å². The first kappa shape index (κ1) is 12.2. The van der Waals surface area contributed by atoms with E-state index in [1.54, 1.807) is 7.11 Å². The molecule has 1 atom stereocenters. The van der Waals surface area contributed by atoms with Crippen LogP contribution in [0.3, 0.4) is 0 Å². The van der Waals surface area contributed by atoms with Crippen molar-refractivity contribution >= 4 is 0 Å². The Labute approximate surface area is 101 Å². The smallest absolute Gasteiger partial charge is 0.166 e. The van der Waals surface area contributed by atoms with Crippen LogP contribution in [-0.2, 0) is 0 Å². The second kappa shape index (κ2) is 5.38. The molecule has 3 N–H and O–H groups in total. The fourth-order valence-corrected chi connectivity index (χ4v) is 1.87.